The van der Waals surface area contributed by atoms with Gasteiger partial charge >= 0.3 is 5.97 Å². The van der Waals surface area contributed by atoms with Crippen LogP contribution in [0.2, 0.25) is 0 Å². The Morgan fingerprint density at radius 1 is 1.10 bits per heavy atom. The third-order valence-electron chi connectivity index (χ3n) is 3.34. The summed E-state index contributed by atoms with van der Waals surface area (Å²) >= 11 is 0. The molecule has 1 aromatic carbocycles. The maximum absolute atomic E-state index is 12.1. The number of fused-ring (bicyclic) bond motifs is 1. The number of hydrogen-bond acceptors (Lipinski definition) is 5. The van der Waals surface area contributed by atoms with Crippen LogP contribution in [-0.2, 0) is 16.1 Å². The number of aromatic nitrogens is 1. The molecule has 6 heteroatoms. The van der Waals surface area contributed by atoms with Crippen molar-refractivity contribution >= 4 is 16.9 Å². The highest BCUT2D eigenvalue weighted by molar-refractivity contribution is 5.87. The van der Waals surface area contributed by atoms with Gasteiger partial charge < -0.3 is 14.2 Å². The fourth-order valence-electron chi connectivity index (χ4n) is 2.22. The molecule has 0 aliphatic carbocycles. The number of rotatable bonds is 4. The molecule has 0 saturated carbocycles. The van der Waals surface area contributed by atoms with Crippen molar-refractivity contribution in [3.05, 3.63) is 34.1 Å². The fraction of sp³-hybridized carbons (Fsp3) is 0.333. The second-order valence-electron chi connectivity index (χ2n) is 4.55. The summed E-state index contributed by atoms with van der Waals surface area (Å²) in [5, 5.41) is 0.816. The zero-order chi connectivity index (χ0) is 15.6. The van der Waals surface area contributed by atoms with Gasteiger partial charge in [-0.3, -0.25) is 14.2 Å². The van der Waals surface area contributed by atoms with Gasteiger partial charge in [0.1, 0.15) is 6.54 Å². The van der Waals surface area contributed by atoms with Crippen LogP contribution in [0.15, 0.2) is 23.0 Å². The van der Waals surface area contributed by atoms with E-state index in [0.29, 0.717) is 17.0 Å². The maximum Gasteiger partial charge on any atom is 0.325 e. The molecule has 21 heavy (non-hydrogen) atoms. The quantitative estimate of drug-likeness (QED) is 0.799. The lowest BCUT2D eigenvalue weighted by Crippen LogP contribution is -2.25. The Kier molecular flexibility index (Phi) is 4.16. The minimum Gasteiger partial charge on any atom is -0.493 e. The summed E-state index contributed by atoms with van der Waals surface area (Å²) in [6.45, 7) is 1.68. The van der Waals surface area contributed by atoms with Gasteiger partial charge in [0.25, 0.3) is 5.56 Å². The number of ether oxygens (including phenoxy) is 3. The average molecular weight is 291 g/mol. The molecule has 6 nitrogen and oxygen atoms in total. The Morgan fingerprint density at radius 3 is 2.29 bits per heavy atom. The van der Waals surface area contributed by atoms with Crippen LogP contribution in [0.25, 0.3) is 10.9 Å². The molecule has 0 amide bonds. The van der Waals surface area contributed by atoms with E-state index in [1.165, 1.54) is 24.9 Å². The second kappa shape index (κ2) is 5.87. The van der Waals surface area contributed by atoms with Crippen molar-refractivity contribution in [2.45, 2.75) is 13.5 Å². The molecule has 0 unspecified atom stereocenters. The first-order valence-corrected chi connectivity index (χ1v) is 6.34. The van der Waals surface area contributed by atoms with Crippen LogP contribution < -0.4 is 15.0 Å². The number of methoxy groups -OCH3 is 3. The van der Waals surface area contributed by atoms with Gasteiger partial charge in [0.05, 0.1) is 26.8 Å². The monoisotopic (exact) mass is 291 g/mol. The van der Waals surface area contributed by atoms with Crippen LogP contribution in [0.4, 0.5) is 0 Å². The molecule has 0 saturated heterocycles. The fourth-order valence-corrected chi connectivity index (χ4v) is 2.22. The van der Waals surface area contributed by atoms with Gasteiger partial charge in [-0.25, -0.2) is 0 Å². The number of aryl methyl sites for hydroxylation is 1. The topological polar surface area (TPSA) is 66.8 Å². The summed E-state index contributed by atoms with van der Waals surface area (Å²) < 4.78 is 16.5. The number of hydrogen-bond donors (Lipinski definition) is 0. The van der Waals surface area contributed by atoms with Gasteiger partial charge in [-0.05, 0) is 18.6 Å². The summed E-state index contributed by atoms with van der Waals surface area (Å²) in [4.78, 5) is 23.6. The standard InChI is InChI=1S/C15H17NO5/c1-9-5-14(17)16(8-15(18)21-4)11-7-13(20-3)12(19-2)6-10(9)11/h5-7H,8H2,1-4H3. The third kappa shape index (κ3) is 2.69. The number of carbonyl (C=O) groups is 1. The molecule has 0 aliphatic heterocycles. The summed E-state index contributed by atoms with van der Waals surface area (Å²) in [5.74, 6) is 0.571. The van der Waals surface area contributed by atoms with Crippen LogP contribution in [0.1, 0.15) is 5.56 Å². The molecule has 0 aliphatic rings. The number of carbonyl (C=O) groups excluding carboxylic acids is 1. The molecule has 0 spiro atoms. The lowest BCUT2D eigenvalue weighted by molar-refractivity contribution is -0.141. The molecule has 1 heterocycles. The molecule has 2 rings (SSSR count). The third-order valence-corrected chi connectivity index (χ3v) is 3.34. The van der Waals surface area contributed by atoms with E-state index in [-0.39, 0.29) is 12.1 Å². The molecule has 0 fully saturated rings. The Hall–Kier alpha value is -2.50. The van der Waals surface area contributed by atoms with Crippen LogP contribution in [0.3, 0.4) is 0 Å². The van der Waals surface area contributed by atoms with Crippen LogP contribution in [-0.4, -0.2) is 31.9 Å². The zero-order valence-corrected chi connectivity index (χ0v) is 12.4. The van der Waals surface area contributed by atoms with Gasteiger partial charge in [0, 0.05) is 17.5 Å². The highest BCUT2D eigenvalue weighted by atomic mass is 16.5. The van der Waals surface area contributed by atoms with Gasteiger partial charge in [-0.1, -0.05) is 0 Å². The predicted molar refractivity (Wildman–Crippen MR) is 78.1 cm³/mol. The number of esters is 1. The molecule has 0 atom stereocenters. The normalized spacial score (nSPS) is 10.5. The van der Waals surface area contributed by atoms with Gasteiger partial charge in [0.2, 0.25) is 0 Å². The van der Waals surface area contributed by atoms with E-state index in [1.54, 1.807) is 19.2 Å². The first-order valence-electron chi connectivity index (χ1n) is 6.34. The number of pyridine rings is 1. The average Bonchev–Trinajstić information content (AvgIpc) is 2.49. The summed E-state index contributed by atoms with van der Waals surface area (Å²) in [6, 6.07) is 4.96. The van der Waals surface area contributed by atoms with E-state index in [0.717, 1.165) is 10.9 Å². The van der Waals surface area contributed by atoms with Crippen molar-refractivity contribution in [1.82, 2.24) is 4.57 Å². The Labute approximate surface area is 121 Å². The van der Waals surface area contributed by atoms with E-state index in [2.05, 4.69) is 4.74 Å². The lowest BCUT2D eigenvalue weighted by atomic mass is 10.1. The van der Waals surface area contributed by atoms with E-state index in [9.17, 15) is 9.59 Å². The van der Waals surface area contributed by atoms with Crippen molar-refractivity contribution in [3.8, 4) is 11.5 Å². The summed E-state index contributed by atoms with van der Waals surface area (Å²) in [5.41, 5.74) is 1.14. The van der Waals surface area contributed by atoms with Crippen LogP contribution in [0, 0.1) is 6.92 Å². The second-order valence-corrected chi connectivity index (χ2v) is 4.55. The van der Waals surface area contributed by atoms with Crippen LogP contribution >= 0.6 is 0 Å². The van der Waals surface area contributed by atoms with Crippen molar-refractivity contribution < 1.29 is 19.0 Å². The van der Waals surface area contributed by atoms with Crippen molar-refractivity contribution in [3.63, 3.8) is 0 Å². The van der Waals surface area contributed by atoms with Crippen molar-refractivity contribution in [2.24, 2.45) is 0 Å². The summed E-state index contributed by atoms with van der Waals surface area (Å²) in [7, 11) is 4.35. The first kappa shape index (κ1) is 14.9. The van der Waals surface area contributed by atoms with Crippen molar-refractivity contribution in [2.75, 3.05) is 21.3 Å². The molecular weight excluding hydrogens is 274 g/mol. The van der Waals surface area contributed by atoms with E-state index >= 15 is 0 Å². The van der Waals surface area contributed by atoms with E-state index in [4.69, 9.17) is 9.47 Å². The molecule has 112 valence electrons. The predicted octanol–water partition coefficient (Wildman–Crippen LogP) is 1.50. The Balaban J connectivity index is 2.78. The molecule has 0 bridgehead atoms. The molecular formula is C15H17NO5. The Bertz CT molecular complexity index is 748. The Morgan fingerprint density at radius 2 is 1.71 bits per heavy atom. The van der Waals surface area contributed by atoms with Crippen LogP contribution in [0.5, 0.6) is 11.5 Å². The van der Waals surface area contributed by atoms with Gasteiger partial charge in [0.15, 0.2) is 11.5 Å². The number of benzene rings is 1. The largest absolute Gasteiger partial charge is 0.493 e. The van der Waals surface area contributed by atoms with E-state index in [1.807, 2.05) is 6.92 Å². The van der Waals surface area contributed by atoms with Gasteiger partial charge in [-0.15, -0.1) is 0 Å². The highest BCUT2D eigenvalue weighted by Crippen LogP contribution is 2.32. The van der Waals surface area contributed by atoms with E-state index < -0.39 is 5.97 Å². The zero-order valence-electron chi connectivity index (χ0n) is 12.4. The maximum atomic E-state index is 12.1. The molecule has 0 radical (unpaired) electrons. The number of nitrogens with zero attached hydrogens (tertiary/aromatic N) is 1. The minimum absolute atomic E-state index is 0.151. The SMILES string of the molecule is COC(=O)Cn1c(=O)cc(C)c2cc(OC)c(OC)cc21. The molecule has 1 aromatic heterocycles. The van der Waals surface area contributed by atoms with Crippen molar-refractivity contribution in [1.29, 1.82) is 0 Å². The highest BCUT2D eigenvalue weighted by Gasteiger charge is 2.14. The first-order chi connectivity index (χ1) is 10.0. The minimum atomic E-state index is -0.489. The lowest BCUT2D eigenvalue weighted by Gasteiger charge is -2.14. The molecule has 2 aromatic rings. The smallest absolute Gasteiger partial charge is 0.325 e. The van der Waals surface area contributed by atoms with Gasteiger partial charge in [-0.2, -0.15) is 0 Å². The summed E-state index contributed by atoms with van der Waals surface area (Å²) in [6.07, 6.45) is 0. The molecule has 0 N–H and O–H groups in total.